The first-order valence-corrected chi connectivity index (χ1v) is 11.0. The number of piperidine rings is 1. The zero-order valence-corrected chi connectivity index (χ0v) is 16.4. The van der Waals surface area contributed by atoms with Crippen molar-refractivity contribution in [2.24, 2.45) is 11.7 Å². The van der Waals surface area contributed by atoms with Gasteiger partial charge in [-0.15, -0.1) is 0 Å². The number of hydrogen-bond acceptors (Lipinski definition) is 3. The first-order valence-electron chi connectivity index (χ1n) is 11.0. The summed E-state index contributed by atoms with van der Waals surface area (Å²) >= 11 is 0. The van der Waals surface area contributed by atoms with Crippen LogP contribution in [0.15, 0.2) is 24.3 Å². The summed E-state index contributed by atoms with van der Waals surface area (Å²) in [5.74, 6) is 1.29. The van der Waals surface area contributed by atoms with Crippen molar-refractivity contribution in [2.45, 2.75) is 75.9 Å². The van der Waals surface area contributed by atoms with Gasteiger partial charge in [-0.3, -0.25) is 4.79 Å². The second-order valence-corrected chi connectivity index (χ2v) is 8.80. The van der Waals surface area contributed by atoms with Gasteiger partial charge in [-0.25, -0.2) is 0 Å². The smallest absolute Gasteiger partial charge is 0.253 e. The molecular formula is C23H34N2O2. The molecule has 27 heavy (non-hydrogen) atoms. The molecule has 2 aliphatic heterocycles. The largest absolute Gasteiger partial charge is 0.378 e. The number of nitrogens with zero attached hydrogens (tertiary/aromatic N) is 1. The van der Waals surface area contributed by atoms with Gasteiger partial charge in [0.05, 0.1) is 6.10 Å². The van der Waals surface area contributed by atoms with E-state index in [0.29, 0.717) is 11.8 Å². The van der Waals surface area contributed by atoms with Crippen LogP contribution in [0.4, 0.5) is 0 Å². The molecule has 148 valence electrons. The molecule has 1 amide bonds. The van der Waals surface area contributed by atoms with Crippen LogP contribution in [0, 0.1) is 5.92 Å². The van der Waals surface area contributed by atoms with Crippen LogP contribution in [0.3, 0.4) is 0 Å². The van der Waals surface area contributed by atoms with Crippen molar-refractivity contribution in [1.29, 1.82) is 0 Å². The minimum atomic E-state index is 0.176. The van der Waals surface area contributed by atoms with E-state index in [1.807, 2.05) is 17.0 Å². The molecule has 4 rings (SSSR count). The summed E-state index contributed by atoms with van der Waals surface area (Å²) in [7, 11) is 0. The Morgan fingerprint density at radius 3 is 2.52 bits per heavy atom. The van der Waals surface area contributed by atoms with Crippen molar-refractivity contribution >= 4 is 5.91 Å². The highest BCUT2D eigenvalue weighted by atomic mass is 16.5. The molecule has 0 bridgehead atoms. The fourth-order valence-corrected chi connectivity index (χ4v) is 5.20. The molecule has 1 aromatic carbocycles. The molecule has 3 unspecified atom stereocenters. The fourth-order valence-electron chi connectivity index (χ4n) is 5.20. The molecule has 3 atom stereocenters. The highest BCUT2D eigenvalue weighted by Gasteiger charge is 2.33. The van der Waals surface area contributed by atoms with Gasteiger partial charge in [0.2, 0.25) is 0 Å². The maximum atomic E-state index is 13.0. The van der Waals surface area contributed by atoms with Gasteiger partial charge in [0.15, 0.2) is 0 Å². The number of benzene rings is 1. The number of rotatable bonds is 3. The third-order valence-electron chi connectivity index (χ3n) is 6.86. The molecule has 1 aliphatic carbocycles. The average molecular weight is 371 g/mol. The van der Waals surface area contributed by atoms with Crippen molar-refractivity contribution in [1.82, 2.24) is 4.90 Å². The summed E-state index contributed by atoms with van der Waals surface area (Å²) in [4.78, 5) is 15.1. The standard InChI is InChI=1S/C23H34N2O2/c24-21-12-14-27-22(15-21)20-7-4-13-25(16-20)23(26)19-10-8-18(9-11-19)17-5-2-1-3-6-17/h8-11,17,20-22H,1-7,12-16,24H2. The van der Waals surface area contributed by atoms with Gasteiger partial charge in [0.1, 0.15) is 0 Å². The van der Waals surface area contributed by atoms with Gasteiger partial charge in [0, 0.05) is 37.2 Å². The normalized spacial score (nSPS) is 30.3. The predicted octanol–water partition coefficient (Wildman–Crippen LogP) is 4.09. The molecular weight excluding hydrogens is 336 g/mol. The lowest BCUT2D eigenvalue weighted by molar-refractivity contribution is -0.0439. The first-order chi connectivity index (χ1) is 13.2. The molecule has 4 heteroatoms. The number of carbonyl (C=O) groups is 1. The molecule has 1 saturated carbocycles. The van der Waals surface area contributed by atoms with Gasteiger partial charge in [-0.05, 0) is 62.1 Å². The maximum Gasteiger partial charge on any atom is 0.253 e. The second-order valence-electron chi connectivity index (χ2n) is 8.80. The van der Waals surface area contributed by atoms with E-state index >= 15 is 0 Å². The number of carbonyl (C=O) groups excluding carboxylic acids is 1. The van der Waals surface area contributed by atoms with Crippen molar-refractivity contribution in [3.05, 3.63) is 35.4 Å². The van der Waals surface area contributed by atoms with Crippen molar-refractivity contribution in [2.75, 3.05) is 19.7 Å². The molecule has 2 heterocycles. The van der Waals surface area contributed by atoms with Crippen LogP contribution in [-0.4, -0.2) is 42.6 Å². The van der Waals surface area contributed by atoms with E-state index in [2.05, 4.69) is 12.1 Å². The van der Waals surface area contributed by atoms with Gasteiger partial charge >= 0.3 is 0 Å². The SMILES string of the molecule is NC1CCOC(C2CCCN(C(=O)c3ccc(C4CCCCC4)cc3)C2)C1. The number of amides is 1. The fraction of sp³-hybridized carbons (Fsp3) is 0.696. The predicted molar refractivity (Wildman–Crippen MR) is 108 cm³/mol. The molecule has 2 saturated heterocycles. The minimum absolute atomic E-state index is 0.176. The highest BCUT2D eigenvalue weighted by Crippen LogP contribution is 2.33. The molecule has 1 aromatic rings. The van der Waals surface area contributed by atoms with Crippen LogP contribution in [0.5, 0.6) is 0 Å². The van der Waals surface area contributed by atoms with Gasteiger partial charge in [0.25, 0.3) is 5.91 Å². The van der Waals surface area contributed by atoms with E-state index in [9.17, 15) is 4.79 Å². The third-order valence-corrected chi connectivity index (χ3v) is 6.86. The summed E-state index contributed by atoms with van der Waals surface area (Å²) < 4.78 is 5.99. The number of nitrogens with two attached hydrogens (primary N) is 1. The molecule has 3 aliphatic rings. The van der Waals surface area contributed by atoms with Crippen molar-refractivity contribution in [3.63, 3.8) is 0 Å². The Labute approximate surface area is 163 Å². The molecule has 3 fully saturated rings. The summed E-state index contributed by atoms with van der Waals surface area (Å²) in [6.07, 6.45) is 11.0. The highest BCUT2D eigenvalue weighted by molar-refractivity contribution is 5.94. The Hall–Kier alpha value is -1.39. The summed E-state index contributed by atoms with van der Waals surface area (Å²) in [5.41, 5.74) is 8.37. The lowest BCUT2D eigenvalue weighted by atomic mass is 9.84. The van der Waals surface area contributed by atoms with E-state index < -0.39 is 0 Å². The Morgan fingerprint density at radius 1 is 1.00 bits per heavy atom. The van der Waals surface area contributed by atoms with Crippen LogP contribution in [0.25, 0.3) is 0 Å². The lowest BCUT2D eigenvalue weighted by Crippen LogP contribution is -2.47. The molecule has 4 nitrogen and oxygen atoms in total. The summed E-state index contributed by atoms with van der Waals surface area (Å²) in [5, 5.41) is 0. The topological polar surface area (TPSA) is 55.6 Å². The monoisotopic (exact) mass is 370 g/mol. The van der Waals surface area contributed by atoms with E-state index in [4.69, 9.17) is 10.5 Å². The average Bonchev–Trinajstić information content (AvgIpc) is 2.74. The second kappa shape index (κ2) is 8.74. The molecule has 0 aromatic heterocycles. The molecule has 0 spiro atoms. The van der Waals surface area contributed by atoms with E-state index in [1.54, 1.807) is 0 Å². The summed E-state index contributed by atoms with van der Waals surface area (Å²) in [6, 6.07) is 8.72. The minimum Gasteiger partial charge on any atom is -0.378 e. The number of ether oxygens (including phenoxy) is 1. The molecule has 2 N–H and O–H groups in total. The third kappa shape index (κ3) is 4.55. The Balaban J connectivity index is 1.38. The van der Waals surface area contributed by atoms with Crippen molar-refractivity contribution in [3.8, 4) is 0 Å². The van der Waals surface area contributed by atoms with Gasteiger partial charge in [-0.2, -0.15) is 0 Å². The zero-order chi connectivity index (χ0) is 18.6. The lowest BCUT2D eigenvalue weighted by Gasteiger charge is -2.39. The van der Waals surface area contributed by atoms with Crippen LogP contribution in [0.1, 0.15) is 79.6 Å². The van der Waals surface area contributed by atoms with E-state index in [-0.39, 0.29) is 18.1 Å². The summed E-state index contributed by atoms with van der Waals surface area (Å²) in [6.45, 7) is 2.43. The number of hydrogen-bond donors (Lipinski definition) is 1. The zero-order valence-electron chi connectivity index (χ0n) is 16.4. The Bertz CT molecular complexity index is 624. The quantitative estimate of drug-likeness (QED) is 0.872. The van der Waals surface area contributed by atoms with Crippen molar-refractivity contribution < 1.29 is 9.53 Å². The van der Waals surface area contributed by atoms with Crippen LogP contribution >= 0.6 is 0 Å². The van der Waals surface area contributed by atoms with E-state index in [1.165, 1.54) is 37.7 Å². The maximum absolute atomic E-state index is 13.0. The molecule has 0 radical (unpaired) electrons. The first kappa shape index (κ1) is 18.9. The number of likely N-dealkylation sites (tertiary alicyclic amines) is 1. The Kier molecular flexibility index (Phi) is 6.14. The van der Waals surface area contributed by atoms with Gasteiger partial charge < -0.3 is 15.4 Å². The van der Waals surface area contributed by atoms with Crippen LogP contribution in [0.2, 0.25) is 0 Å². The van der Waals surface area contributed by atoms with Crippen LogP contribution in [-0.2, 0) is 4.74 Å². The Morgan fingerprint density at radius 2 is 1.78 bits per heavy atom. The van der Waals surface area contributed by atoms with Gasteiger partial charge in [-0.1, -0.05) is 31.4 Å². The van der Waals surface area contributed by atoms with E-state index in [0.717, 1.165) is 50.9 Å². The van der Waals surface area contributed by atoms with Crippen LogP contribution < -0.4 is 5.73 Å².